The first kappa shape index (κ1) is 22.8. The molecule has 1 aliphatic heterocycles. The van der Waals surface area contributed by atoms with Crippen molar-refractivity contribution in [3.8, 4) is 0 Å². The van der Waals surface area contributed by atoms with Crippen LogP contribution in [0.2, 0.25) is 5.02 Å². The predicted molar refractivity (Wildman–Crippen MR) is 122 cm³/mol. The summed E-state index contributed by atoms with van der Waals surface area (Å²) in [5.41, 5.74) is 4.70. The number of nitrogens with zero attached hydrogens (tertiary/aromatic N) is 1. The summed E-state index contributed by atoms with van der Waals surface area (Å²) in [6, 6.07) is 10.6. The summed E-state index contributed by atoms with van der Waals surface area (Å²) in [5.74, 6) is -0.193. The Balaban J connectivity index is 1.76. The maximum atomic E-state index is 13.1. The van der Waals surface area contributed by atoms with Gasteiger partial charge in [0, 0.05) is 35.7 Å². The van der Waals surface area contributed by atoms with E-state index in [2.05, 4.69) is 11.9 Å². The minimum absolute atomic E-state index is 0.0648. The minimum atomic E-state index is -0.220. The summed E-state index contributed by atoms with van der Waals surface area (Å²) in [4.78, 5) is 38.9. The SMILES string of the molecule is C=C(C)C(CCC(C)=O)N1Cc2c(CNC(=O)c3ccc(C)c(Cl)c3)cccc2C1=O. The van der Waals surface area contributed by atoms with Crippen LogP contribution >= 0.6 is 11.6 Å². The second-order valence-electron chi connectivity index (χ2n) is 8.13. The molecular weight excluding hydrogens is 412 g/mol. The molecule has 1 N–H and O–H groups in total. The van der Waals surface area contributed by atoms with Gasteiger partial charge < -0.3 is 15.0 Å². The number of benzene rings is 2. The Bertz CT molecular complexity index is 1060. The summed E-state index contributed by atoms with van der Waals surface area (Å²) < 4.78 is 0. The van der Waals surface area contributed by atoms with Crippen molar-refractivity contribution in [2.45, 2.75) is 52.7 Å². The summed E-state index contributed by atoms with van der Waals surface area (Å²) in [5, 5.41) is 3.47. The van der Waals surface area contributed by atoms with Gasteiger partial charge in [0.05, 0.1) is 6.04 Å². The lowest BCUT2D eigenvalue weighted by Crippen LogP contribution is -2.36. The van der Waals surface area contributed by atoms with E-state index in [1.807, 2.05) is 38.1 Å². The molecule has 0 aliphatic carbocycles. The number of carbonyl (C=O) groups is 3. The first-order valence-electron chi connectivity index (χ1n) is 10.3. The number of nitrogens with one attached hydrogen (secondary N) is 1. The molecule has 0 radical (unpaired) electrons. The molecule has 0 saturated heterocycles. The quantitative estimate of drug-likeness (QED) is 0.599. The standard InChI is InChI=1S/C25H27ClN2O3/c1-15(2)23(11-9-17(4)29)28-14-21-19(6-5-7-20(21)25(28)31)13-27-24(30)18-10-8-16(3)22(26)12-18/h5-8,10,12,23H,1,9,11,13-14H2,2-4H3,(H,27,30). The summed E-state index contributed by atoms with van der Waals surface area (Å²) in [7, 11) is 0. The molecular formula is C25H27ClN2O3. The monoisotopic (exact) mass is 438 g/mol. The number of halogens is 1. The molecule has 3 rings (SSSR count). The van der Waals surface area contributed by atoms with Gasteiger partial charge in [-0.2, -0.15) is 0 Å². The van der Waals surface area contributed by atoms with Crippen LogP contribution in [-0.2, 0) is 17.9 Å². The molecule has 31 heavy (non-hydrogen) atoms. The summed E-state index contributed by atoms with van der Waals surface area (Å²) >= 11 is 6.13. The lowest BCUT2D eigenvalue weighted by atomic mass is 10.0. The lowest BCUT2D eigenvalue weighted by molar-refractivity contribution is -0.117. The Labute approximate surface area is 188 Å². The normalized spacial score (nSPS) is 13.7. The molecule has 2 amide bonds. The second-order valence-corrected chi connectivity index (χ2v) is 8.53. The van der Waals surface area contributed by atoms with Crippen LogP contribution in [0, 0.1) is 6.92 Å². The van der Waals surface area contributed by atoms with Crippen LogP contribution < -0.4 is 5.32 Å². The van der Waals surface area contributed by atoms with Gasteiger partial charge in [-0.3, -0.25) is 9.59 Å². The average Bonchev–Trinajstić information content (AvgIpc) is 3.05. The highest BCUT2D eigenvalue weighted by Crippen LogP contribution is 2.31. The molecule has 2 aromatic rings. The van der Waals surface area contributed by atoms with E-state index in [-0.39, 0.29) is 23.6 Å². The van der Waals surface area contributed by atoms with Crippen LogP contribution in [0.15, 0.2) is 48.6 Å². The number of hydrogen-bond acceptors (Lipinski definition) is 3. The number of ketones is 1. The summed E-state index contributed by atoms with van der Waals surface area (Å²) in [6.07, 6.45) is 0.963. The molecule has 5 nitrogen and oxygen atoms in total. The number of carbonyl (C=O) groups excluding carboxylic acids is 3. The maximum Gasteiger partial charge on any atom is 0.255 e. The van der Waals surface area contributed by atoms with Gasteiger partial charge in [-0.1, -0.05) is 42.0 Å². The van der Waals surface area contributed by atoms with E-state index in [0.29, 0.717) is 42.1 Å². The molecule has 1 aliphatic rings. The lowest BCUT2D eigenvalue weighted by Gasteiger charge is -2.28. The van der Waals surface area contributed by atoms with Crippen molar-refractivity contribution in [1.82, 2.24) is 10.2 Å². The molecule has 0 bridgehead atoms. The number of amides is 2. The molecule has 162 valence electrons. The fraction of sp³-hybridized carbons (Fsp3) is 0.320. The van der Waals surface area contributed by atoms with Gasteiger partial charge in [-0.05, 0) is 62.1 Å². The number of hydrogen-bond donors (Lipinski definition) is 1. The van der Waals surface area contributed by atoms with Crippen molar-refractivity contribution in [1.29, 1.82) is 0 Å². The van der Waals surface area contributed by atoms with Crippen molar-refractivity contribution in [3.63, 3.8) is 0 Å². The van der Waals surface area contributed by atoms with E-state index in [4.69, 9.17) is 11.6 Å². The van der Waals surface area contributed by atoms with E-state index >= 15 is 0 Å². The highest BCUT2D eigenvalue weighted by atomic mass is 35.5. The Morgan fingerprint density at radius 2 is 1.97 bits per heavy atom. The van der Waals surface area contributed by atoms with Gasteiger partial charge in [-0.15, -0.1) is 0 Å². The molecule has 1 unspecified atom stereocenters. The fourth-order valence-corrected chi connectivity index (χ4v) is 4.04. The van der Waals surface area contributed by atoms with E-state index < -0.39 is 0 Å². The molecule has 2 aromatic carbocycles. The third-order valence-corrected chi connectivity index (χ3v) is 6.09. The Morgan fingerprint density at radius 3 is 2.61 bits per heavy atom. The number of Topliss-reactive ketones (excluding diaryl/α,β-unsaturated/α-hetero) is 1. The third kappa shape index (κ3) is 5.05. The van der Waals surface area contributed by atoms with Crippen LogP contribution in [0.1, 0.15) is 64.1 Å². The number of aryl methyl sites for hydroxylation is 1. The predicted octanol–water partition coefficient (Wildman–Crippen LogP) is 4.85. The first-order chi connectivity index (χ1) is 14.7. The van der Waals surface area contributed by atoms with Crippen molar-refractivity contribution in [2.24, 2.45) is 0 Å². The first-order valence-corrected chi connectivity index (χ1v) is 10.7. The van der Waals surface area contributed by atoms with E-state index in [9.17, 15) is 14.4 Å². The van der Waals surface area contributed by atoms with E-state index in [1.165, 1.54) is 0 Å². The molecule has 0 aromatic heterocycles. The van der Waals surface area contributed by atoms with Gasteiger partial charge in [-0.25, -0.2) is 0 Å². The second kappa shape index (κ2) is 9.48. The molecule has 1 atom stereocenters. The molecule has 6 heteroatoms. The number of fused-ring (bicyclic) bond motifs is 1. The molecule has 0 saturated carbocycles. The minimum Gasteiger partial charge on any atom is -0.348 e. The van der Waals surface area contributed by atoms with Crippen LogP contribution in [0.25, 0.3) is 0 Å². The van der Waals surface area contributed by atoms with E-state index in [1.54, 1.807) is 24.0 Å². The van der Waals surface area contributed by atoms with Crippen molar-refractivity contribution in [2.75, 3.05) is 0 Å². The zero-order valence-corrected chi connectivity index (χ0v) is 18.9. The van der Waals surface area contributed by atoms with Gasteiger partial charge in [0.15, 0.2) is 0 Å². The number of rotatable bonds is 8. The third-order valence-electron chi connectivity index (χ3n) is 5.68. The highest BCUT2D eigenvalue weighted by molar-refractivity contribution is 6.31. The van der Waals surface area contributed by atoms with Crippen molar-refractivity contribution < 1.29 is 14.4 Å². The Morgan fingerprint density at radius 1 is 1.23 bits per heavy atom. The maximum absolute atomic E-state index is 13.1. The van der Waals surface area contributed by atoms with Crippen LogP contribution in [-0.4, -0.2) is 28.5 Å². The van der Waals surface area contributed by atoms with Crippen LogP contribution in [0.5, 0.6) is 0 Å². The summed E-state index contributed by atoms with van der Waals surface area (Å²) in [6.45, 7) is 10.1. The zero-order chi connectivity index (χ0) is 22.7. The van der Waals surface area contributed by atoms with Crippen molar-refractivity contribution >= 4 is 29.2 Å². The average molecular weight is 439 g/mol. The topological polar surface area (TPSA) is 66.5 Å². The van der Waals surface area contributed by atoms with Gasteiger partial charge >= 0.3 is 0 Å². The van der Waals surface area contributed by atoms with E-state index in [0.717, 1.165) is 22.3 Å². The van der Waals surface area contributed by atoms with Gasteiger partial charge in [0.25, 0.3) is 11.8 Å². The molecule has 0 fully saturated rings. The van der Waals surface area contributed by atoms with Gasteiger partial charge in [0.1, 0.15) is 5.78 Å². The van der Waals surface area contributed by atoms with Crippen LogP contribution in [0.4, 0.5) is 0 Å². The van der Waals surface area contributed by atoms with Crippen molar-refractivity contribution in [3.05, 3.63) is 81.4 Å². The zero-order valence-electron chi connectivity index (χ0n) is 18.1. The Kier molecular flexibility index (Phi) is 6.96. The molecule has 0 spiro atoms. The van der Waals surface area contributed by atoms with Crippen LogP contribution in [0.3, 0.4) is 0 Å². The fourth-order valence-electron chi connectivity index (χ4n) is 3.86. The highest BCUT2D eigenvalue weighted by Gasteiger charge is 2.34. The van der Waals surface area contributed by atoms with Gasteiger partial charge in [0.2, 0.25) is 0 Å². The Hall–Kier alpha value is -2.92. The smallest absolute Gasteiger partial charge is 0.255 e. The largest absolute Gasteiger partial charge is 0.348 e. The molecule has 1 heterocycles.